The van der Waals surface area contributed by atoms with Crippen LogP contribution < -0.4 is 4.74 Å². The second kappa shape index (κ2) is 4.74. The van der Waals surface area contributed by atoms with Gasteiger partial charge in [-0.3, -0.25) is 0 Å². The summed E-state index contributed by atoms with van der Waals surface area (Å²) in [5, 5.41) is 10.7. The number of hydrogen-bond acceptors (Lipinski definition) is 2. The monoisotopic (exact) mass is 336 g/mol. The predicted molar refractivity (Wildman–Crippen MR) is 81.7 cm³/mol. The van der Waals surface area contributed by atoms with Gasteiger partial charge in [0.15, 0.2) is 0 Å². The molecule has 0 spiro atoms. The van der Waals surface area contributed by atoms with Crippen molar-refractivity contribution in [1.29, 1.82) is 0 Å². The molecule has 0 aliphatic heterocycles. The minimum Gasteiger partial charge on any atom is -0.496 e. The highest BCUT2D eigenvalue weighted by atomic mass is 79.9. The van der Waals surface area contributed by atoms with Gasteiger partial charge in [-0.05, 0) is 72.6 Å². The third-order valence-electron chi connectivity index (χ3n) is 5.91. The van der Waals surface area contributed by atoms with Gasteiger partial charge in [0.2, 0.25) is 0 Å². The highest BCUT2D eigenvalue weighted by Gasteiger charge is 2.66. The molecule has 108 valence electrons. The van der Waals surface area contributed by atoms with Gasteiger partial charge in [0.1, 0.15) is 5.75 Å². The van der Waals surface area contributed by atoms with Crippen LogP contribution in [0.15, 0.2) is 22.7 Å². The van der Waals surface area contributed by atoms with Gasteiger partial charge in [-0.15, -0.1) is 0 Å². The Morgan fingerprint density at radius 2 is 2.00 bits per heavy atom. The Hall–Kier alpha value is -0.540. The van der Waals surface area contributed by atoms with Crippen molar-refractivity contribution in [3.8, 4) is 5.75 Å². The van der Waals surface area contributed by atoms with Gasteiger partial charge in [-0.25, -0.2) is 0 Å². The van der Waals surface area contributed by atoms with Crippen LogP contribution in [-0.2, 0) is 6.42 Å². The van der Waals surface area contributed by atoms with Crippen molar-refractivity contribution in [2.45, 2.75) is 31.8 Å². The lowest BCUT2D eigenvalue weighted by atomic mass is 9.95. The summed E-state index contributed by atoms with van der Waals surface area (Å²) >= 11 is 3.51. The van der Waals surface area contributed by atoms with Gasteiger partial charge in [0.25, 0.3) is 0 Å². The van der Waals surface area contributed by atoms with Crippen LogP contribution in [0.5, 0.6) is 5.75 Å². The lowest BCUT2D eigenvalue weighted by molar-refractivity contribution is 0.128. The van der Waals surface area contributed by atoms with Crippen LogP contribution in [0.3, 0.4) is 0 Å². The van der Waals surface area contributed by atoms with E-state index in [4.69, 9.17) is 4.74 Å². The Morgan fingerprint density at radius 1 is 1.30 bits per heavy atom. The summed E-state index contributed by atoms with van der Waals surface area (Å²) in [6.45, 7) is 0. The van der Waals surface area contributed by atoms with Crippen LogP contribution in [0.25, 0.3) is 0 Å². The first-order valence-corrected chi connectivity index (χ1v) is 8.49. The molecule has 0 aromatic heterocycles. The lowest BCUT2D eigenvalue weighted by Crippen LogP contribution is -2.18. The van der Waals surface area contributed by atoms with E-state index in [1.807, 2.05) is 12.1 Å². The number of ether oxygens (including phenoxy) is 1. The average molecular weight is 337 g/mol. The first kappa shape index (κ1) is 13.1. The van der Waals surface area contributed by atoms with Gasteiger partial charge < -0.3 is 9.84 Å². The van der Waals surface area contributed by atoms with E-state index in [1.165, 1.54) is 19.3 Å². The molecule has 0 saturated heterocycles. The molecule has 1 aromatic rings. The molecular weight excluding hydrogens is 316 g/mol. The predicted octanol–water partition coefficient (Wildman–Crippen LogP) is 3.65. The van der Waals surface area contributed by atoms with Gasteiger partial charge in [0, 0.05) is 10.9 Å². The molecule has 1 aromatic carbocycles. The molecule has 2 nitrogen and oxygen atoms in total. The van der Waals surface area contributed by atoms with Gasteiger partial charge >= 0.3 is 0 Å². The van der Waals surface area contributed by atoms with Crippen LogP contribution >= 0.6 is 15.9 Å². The van der Waals surface area contributed by atoms with Crippen molar-refractivity contribution in [3.05, 3.63) is 28.2 Å². The molecule has 5 atom stereocenters. The molecular formula is C17H21BrO2. The van der Waals surface area contributed by atoms with E-state index in [-0.39, 0.29) is 6.10 Å². The van der Waals surface area contributed by atoms with Crippen molar-refractivity contribution in [2.75, 3.05) is 7.11 Å². The average Bonchev–Trinajstić information content (AvgIpc) is 2.88. The SMILES string of the molecule is COc1ccc(Br)cc1CC(O)C1C2C3CCC(C3)C12. The third kappa shape index (κ3) is 1.93. The molecule has 3 aliphatic carbocycles. The number of benzene rings is 1. The van der Waals surface area contributed by atoms with Gasteiger partial charge in [-0.2, -0.15) is 0 Å². The summed E-state index contributed by atoms with van der Waals surface area (Å²) in [7, 11) is 1.70. The summed E-state index contributed by atoms with van der Waals surface area (Å²) in [4.78, 5) is 0. The third-order valence-corrected chi connectivity index (χ3v) is 6.40. The summed E-state index contributed by atoms with van der Waals surface area (Å²) in [6.07, 6.45) is 4.79. The normalized spacial score (nSPS) is 38.6. The second-order valence-electron chi connectivity index (χ2n) is 6.79. The molecule has 2 bridgehead atoms. The maximum atomic E-state index is 10.7. The lowest BCUT2D eigenvalue weighted by Gasteiger charge is -2.17. The van der Waals surface area contributed by atoms with Crippen LogP contribution in [0.1, 0.15) is 24.8 Å². The Morgan fingerprint density at radius 3 is 2.65 bits per heavy atom. The number of methoxy groups -OCH3 is 1. The number of fused-ring (bicyclic) bond motifs is 5. The molecule has 5 unspecified atom stereocenters. The van der Waals surface area contributed by atoms with Crippen LogP contribution in [0.4, 0.5) is 0 Å². The van der Waals surface area contributed by atoms with E-state index < -0.39 is 0 Å². The molecule has 0 heterocycles. The van der Waals surface area contributed by atoms with Crippen molar-refractivity contribution in [1.82, 2.24) is 0 Å². The fourth-order valence-corrected chi connectivity index (χ4v) is 5.58. The summed E-state index contributed by atoms with van der Waals surface area (Å²) in [5.41, 5.74) is 1.12. The van der Waals surface area contributed by atoms with E-state index in [0.29, 0.717) is 5.92 Å². The molecule has 0 radical (unpaired) electrons. The maximum absolute atomic E-state index is 10.7. The zero-order valence-corrected chi connectivity index (χ0v) is 13.3. The zero-order valence-electron chi connectivity index (χ0n) is 11.8. The minimum absolute atomic E-state index is 0.198. The van der Waals surface area contributed by atoms with Crippen LogP contribution in [-0.4, -0.2) is 18.3 Å². The fraction of sp³-hybridized carbons (Fsp3) is 0.647. The summed E-state index contributed by atoms with van der Waals surface area (Å²) < 4.78 is 6.47. The van der Waals surface area contributed by atoms with Crippen LogP contribution in [0.2, 0.25) is 0 Å². The van der Waals surface area contributed by atoms with E-state index >= 15 is 0 Å². The molecule has 4 rings (SSSR count). The largest absolute Gasteiger partial charge is 0.496 e. The van der Waals surface area contributed by atoms with Crippen molar-refractivity contribution in [2.24, 2.45) is 29.6 Å². The van der Waals surface area contributed by atoms with Crippen molar-refractivity contribution in [3.63, 3.8) is 0 Å². The molecule has 3 heteroatoms. The Bertz CT molecular complexity index is 514. The van der Waals surface area contributed by atoms with Gasteiger partial charge in [0.05, 0.1) is 13.2 Å². The smallest absolute Gasteiger partial charge is 0.122 e. The Labute approximate surface area is 128 Å². The number of hydrogen-bond donors (Lipinski definition) is 1. The topological polar surface area (TPSA) is 29.5 Å². The first-order valence-electron chi connectivity index (χ1n) is 7.69. The Balaban J connectivity index is 1.49. The molecule has 3 saturated carbocycles. The molecule has 3 aliphatic rings. The minimum atomic E-state index is -0.198. The van der Waals surface area contributed by atoms with Crippen molar-refractivity contribution >= 4 is 15.9 Å². The number of rotatable bonds is 4. The van der Waals surface area contributed by atoms with E-state index in [0.717, 1.165) is 45.9 Å². The van der Waals surface area contributed by atoms with E-state index in [1.54, 1.807) is 7.11 Å². The molecule has 0 amide bonds. The summed E-state index contributed by atoms with van der Waals surface area (Å²) in [5.74, 6) is 4.97. The molecule has 20 heavy (non-hydrogen) atoms. The quantitative estimate of drug-likeness (QED) is 0.909. The summed E-state index contributed by atoms with van der Waals surface area (Å²) in [6, 6.07) is 6.04. The first-order chi connectivity index (χ1) is 9.69. The Kier molecular flexibility index (Phi) is 3.11. The van der Waals surface area contributed by atoms with E-state index in [9.17, 15) is 5.11 Å². The number of halogens is 1. The van der Waals surface area contributed by atoms with E-state index in [2.05, 4.69) is 22.0 Å². The van der Waals surface area contributed by atoms with Gasteiger partial charge in [-0.1, -0.05) is 15.9 Å². The highest BCUT2D eigenvalue weighted by Crippen LogP contribution is 2.70. The highest BCUT2D eigenvalue weighted by molar-refractivity contribution is 9.10. The molecule has 3 fully saturated rings. The number of aliphatic hydroxyl groups excluding tert-OH is 1. The second-order valence-corrected chi connectivity index (χ2v) is 7.71. The zero-order chi connectivity index (χ0) is 13.9. The standard InChI is InChI=1S/C17H21BrO2/c1-20-14-5-4-12(18)7-11(14)8-13(19)17-15-9-2-3-10(6-9)16(15)17/h4-5,7,9-10,13,15-17,19H,2-3,6,8H2,1H3. The molecule has 1 N–H and O–H groups in total. The maximum Gasteiger partial charge on any atom is 0.122 e. The number of aliphatic hydroxyl groups is 1. The van der Waals surface area contributed by atoms with Crippen molar-refractivity contribution < 1.29 is 9.84 Å². The van der Waals surface area contributed by atoms with Crippen LogP contribution in [0, 0.1) is 29.6 Å². The fourth-order valence-electron chi connectivity index (χ4n) is 5.17.